The summed E-state index contributed by atoms with van der Waals surface area (Å²) in [5.41, 5.74) is -1.65. The Kier molecular flexibility index (Phi) is 5.25. The molecule has 0 spiro atoms. The first-order valence-electron chi connectivity index (χ1n) is 5.88. The van der Waals surface area contributed by atoms with Gasteiger partial charge in [-0.1, -0.05) is 29.3 Å². The van der Waals surface area contributed by atoms with Crippen LogP contribution in [0.15, 0.2) is 35.2 Å². The van der Waals surface area contributed by atoms with Gasteiger partial charge >= 0.3 is 6.18 Å². The topological polar surface area (TPSA) is 43.4 Å². The number of hydrogen-bond acceptors (Lipinski definition) is 3. The molecule has 0 aliphatic rings. The Bertz CT molecular complexity index is 898. The summed E-state index contributed by atoms with van der Waals surface area (Å²) >= 11 is 11.2. The van der Waals surface area contributed by atoms with Crippen molar-refractivity contribution in [3.8, 4) is 11.5 Å². The van der Waals surface area contributed by atoms with Gasteiger partial charge in [0.15, 0.2) is 11.6 Å². The van der Waals surface area contributed by atoms with Gasteiger partial charge in [0, 0.05) is 16.7 Å². The van der Waals surface area contributed by atoms with E-state index in [1.807, 2.05) is 0 Å². The zero-order valence-electron chi connectivity index (χ0n) is 11.2. The van der Waals surface area contributed by atoms with Gasteiger partial charge in [0.25, 0.3) is 9.05 Å². The monoisotopic (exact) mass is 422 g/mol. The molecule has 0 unspecified atom stereocenters. The van der Waals surface area contributed by atoms with E-state index in [9.17, 15) is 26.0 Å². The van der Waals surface area contributed by atoms with Gasteiger partial charge in [-0.2, -0.15) is 13.2 Å². The molecule has 0 saturated heterocycles. The number of halogens is 7. The first kappa shape index (κ1) is 19.1. The molecule has 2 aromatic carbocycles. The Hall–Kier alpha value is -1.22. The van der Waals surface area contributed by atoms with E-state index in [0.29, 0.717) is 6.07 Å². The number of hydrogen-bond donors (Lipinski definition) is 0. The van der Waals surface area contributed by atoms with Crippen LogP contribution in [0.25, 0.3) is 0 Å². The van der Waals surface area contributed by atoms with Gasteiger partial charge in [0.05, 0.1) is 15.5 Å². The Labute approximate surface area is 148 Å². The van der Waals surface area contributed by atoms with Crippen molar-refractivity contribution in [2.24, 2.45) is 0 Å². The smallest absolute Gasteiger partial charge is 0.419 e. The van der Waals surface area contributed by atoms with Gasteiger partial charge < -0.3 is 4.74 Å². The third-order valence-corrected chi connectivity index (χ3v) is 4.70. The van der Waals surface area contributed by atoms with Crippen molar-refractivity contribution in [3.05, 3.63) is 51.8 Å². The highest BCUT2D eigenvalue weighted by Gasteiger charge is 2.37. The van der Waals surface area contributed by atoms with Crippen LogP contribution in [-0.4, -0.2) is 8.42 Å². The predicted molar refractivity (Wildman–Crippen MR) is 81.0 cm³/mol. The van der Waals surface area contributed by atoms with Crippen molar-refractivity contribution in [1.29, 1.82) is 0 Å². The highest BCUT2D eigenvalue weighted by Crippen LogP contribution is 2.44. The van der Waals surface area contributed by atoms with Crippen LogP contribution in [0, 0.1) is 5.82 Å². The van der Waals surface area contributed by atoms with Gasteiger partial charge in [0.1, 0.15) is 10.8 Å². The van der Waals surface area contributed by atoms with E-state index in [1.165, 1.54) is 12.1 Å². The lowest BCUT2D eigenvalue weighted by atomic mass is 10.2. The fourth-order valence-electron chi connectivity index (χ4n) is 1.69. The molecule has 0 fully saturated rings. The summed E-state index contributed by atoms with van der Waals surface area (Å²) in [7, 11) is 1.10. The van der Waals surface area contributed by atoms with E-state index in [0.717, 1.165) is 12.1 Å². The Morgan fingerprint density at radius 1 is 1.08 bits per heavy atom. The van der Waals surface area contributed by atoms with E-state index in [4.69, 9.17) is 38.6 Å². The molecule has 0 bridgehead atoms. The van der Waals surface area contributed by atoms with Crippen LogP contribution in [0.1, 0.15) is 5.56 Å². The second kappa shape index (κ2) is 6.59. The fourth-order valence-corrected chi connectivity index (χ4v) is 3.00. The third-order valence-electron chi connectivity index (χ3n) is 2.73. The Morgan fingerprint density at radius 2 is 1.71 bits per heavy atom. The molecule has 0 aliphatic heterocycles. The quantitative estimate of drug-likeness (QED) is 0.352. The average molecular weight is 424 g/mol. The van der Waals surface area contributed by atoms with Crippen LogP contribution >= 0.6 is 33.9 Å². The van der Waals surface area contributed by atoms with Crippen LogP contribution in [0.4, 0.5) is 17.6 Å². The average Bonchev–Trinajstić information content (AvgIpc) is 2.45. The minimum Gasteiger partial charge on any atom is -0.454 e. The first-order valence-corrected chi connectivity index (χ1v) is 8.95. The van der Waals surface area contributed by atoms with E-state index in [2.05, 4.69) is 0 Å². The summed E-state index contributed by atoms with van der Waals surface area (Å²) in [6.07, 6.45) is -5.00. The molecule has 0 heterocycles. The molecule has 0 atom stereocenters. The summed E-state index contributed by atoms with van der Waals surface area (Å²) in [6, 6.07) is 4.97. The molecule has 11 heteroatoms. The molecule has 0 aromatic heterocycles. The van der Waals surface area contributed by atoms with Gasteiger partial charge in [-0.25, -0.2) is 12.8 Å². The summed E-state index contributed by atoms with van der Waals surface area (Å²) in [5, 5.41) is -1.60. The lowest BCUT2D eigenvalue weighted by Crippen LogP contribution is -2.09. The third kappa shape index (κ3) is 4.05. The number of benzene rings is 2. The van der Waals surface area contributed by atoms with Gasteiger partial charge in [-0.15, -0.1) is 0 Å². The maximum absolute atomic E-state index is 13.8. The SMILES string of the molecule is O=S(=O)(Cl)c1cccc(Oc2c(Cl)cc(C(F)(F)F)c(F)c2Cl)c1. The van der Waals surface area contributed by atoms with Crippen LogP contribution in [0.3, 0.4) is 0 Å². The number of alkyl halides is 3. The second-order valence-electron chi connectivity index (χ2n) is 4.38. The summed E-state index contributed by atoms with van der Waals surface area (Å²) in [6.45, 7) is 0. The van der Waals surface area contributed by atoms with E-state index < -0.39 is 42.4 Å². The zero-order chi connectivity index (χ0) is 18.3. The number of rotatable bonds is 3. The summed E-state index contributed by atoms with van der Waals surface area (Å²) in [4.78, 5) is -0.332. The zero-order valence-corrected chi connectivity index (χ0v) is 14.2. The molecular weight excluding hydrogens is 419 g/mol. The standard InChI is InChI=1S/C13H5Cl3F4O3S/c14-9-5-8(13(18,19)20)11(17)10(15)12(9)23-6-2-1-3-7(4-6)24(16,21)22/h1-5H. The summed E-state index contributed by atoms with van der Waals surface area (Å²) < 4.78 is 79.5. The predicted octanol–water partition coefficient (Wildman–Crippen LogP) is 5.87. The van der Waals surface area contributed by atoms with Crippen LogP contribution in [0.5, 0.6) is 11.5 Å². The molecule has 2 aromatic rings. The first-order chi connectivity index (χ1) is 10.9. The highest BCUT2D eigenvalue weighted by molar-refractivity contribution is 8.13. The molecule has 0 N–H and O–H groups in total. The molecule has 0 saturated carbocycles. The molecule has 130 valence electrons. The van der Waals surface area contributed by atoms with E-state index >= 15 is 0 Å². The molecular formula is C13H5Cl3F4O3S. The highest BCUT2D eigenvalue weighted by atomic mass is 35.7. The van der Waals surface area contributed by atoms with Gasteiger partial charge in [-0.3, -0.25) is 0 Å². The van der Waals surface area contributed by atoms with Crippen molar-refractivity contribution >= 4 is 42.9 Å². The molecule has 2 rings (SSSR count). The normalized spacial score (nSPS) is 12.3. The number of ether oxygens (including phenoxy) is 1. The minimum absolute atomic E-state index is 0.167. The van der Waals surface area contributed by atoms with Crippen molar-refractivity contribution in [1.82, 2.24) is 0 Å². The van der Waals surface area contributed by atoms with Crippen molar-refractivity contribution in [3.63, 3.8) is 0 Å². The molecule has 0 radical (unpaired) electrons. The molecule has 3 nitrogen and oxygen atoms in total. The maximum atomic E-state index is 13.8. The largest absolute Gasteiger partial charge is 0.454 e. The minimum atomic E-state index is -5.00. The van der Waals surface area contributed by atoms with E-state index in [-0.39, 0.29) is 10.6 Å². The fraction of sp³-hybridized carbons (Fsp3) is 0.0769. The van der Waals surface area contributed by atoms with Crippen molar-refractivity contribution < 1.29 is 30.7 Å². The Morgan fingerprint density at radius 3 is 2.25 bits per heavy atom. The second-order valence-corrected chi connectivity index (χ2v) is 7.73. The lowest BCUT2D eigenvalue weighted by Gasteiger charge is -2.14. The maximum Gasteiger partial charge on any atom is 0.419 e. The molecule has 0 amide bonds. The van der Waals surface area contributed by atoms with Crippen molar-refractivity contribution in [2.45, 2.75) is 11.1 Å². The van der Waals surface area contributed by atoms with Gasteiger partial charge in [0.2, 0.25) is 0 Å². The van der Waals surface area contributed by atoms with Crippen molar-refractivity contribution in [2.75, 3.05) is 0 Å². The summed E-state index contributed by atoms with van der Waals surface area (Å²) in [5.74, 6) is -2.52. The lowest BCUT2D eigenvalue weighted by molar-refractivity contribution is -0.140. The van der Waals surface area contributed by atoms with Gasteiger partial charge in [-0.05, 0) is 18.2 Å². The Balaban J connectivity index is 2.51. The van der Waals surface area contributed by atoms with Crippen LogP contribution in [-0.2, 0) is 15.2 Å². The molecule has 0 aliphatic carbocycles. The van der Waals surface area contributed by atoms with Crippen LogP contribution in [0.2, 0.25) is 10.0 Å². The van der Waals surface area contributed by atoms with E-state index in [1.54, 1.807) is 0 Å². The molecule has 24 heavy (non-hydrogen) atoms. The van der Waals surface area contributed by atoms with Crippen LogP contribution < -0.4 is 4.74 Å².